The predicted molar refractivity (Wildman–Crippen MR) is 80.5 cm³/mol. The van der Waals surface area contributed by atoms with Crippen molar-refractivity contribution >= 4 is 15.8 Å². The second kappa shape index (κ2) is 5.38. The minimum Gasteiger partial charge on any atom is -0.481 e. The fourth-order valence-electron chi connectivity index (χ4n) is 3.42. The first kappa shape index (κ1) is 16.1. The van der Waals surface area contributed by atoms with E-state index in [1.165, 1.54) is 14.0 Å². The number of carboxylic acids is 1. The van der Waals surface area contributed by atoms with E-state index >= 15 is 0 Å². The van der Waals surface area contributed by atoms with Crippen LogP contribution in [0.4, 0.5) is 0 Å². The van der Waals surface area contributed by atoms with E-state index < -0.39 is 32.4 Å². The Morgan fingerprint density at radius 1 is 1.39 bits per heavy atom. The molecule has 3 atom stereocenters. The lowest BCUT2D eigenvalue weighted by molar-refractivity contribution is -0.145. The molecular formula is C15H18O7S. The molecule has 1 fully saturated rings. The summed E-state index contributed by atoms with van der Waals surface area (Å²) in [6.07, 6.45) is 0. The number of hydrogen-bond donors (Lipinski definition) is 1. The van der Waals surface area contributed by atoms with Gasteiger partial charge in [-0.3, -0.25) is 4.79 Å². The Kier molecular flexibility index (Phi) is 3.76. The molecule has 0 spiro atoms. The highest BCUT2D eigenvalue weighted by Gasteiger charge is 2.75. The molecule has 1 N–H and O–H groups in total. The molecule has 1 aromatic rings. The maximum absolute atomic E-state index is 12.4. The summed E-state index contributed by atoms with van der Waals surface area (Å²) in [4.78, 5) is 11.9. The number of fused-ring (bicyclic) bond motifs is 1. The van der Waals surface area contributed by atoms with Crippen molar-refractivity contribution in [1.82, 2.24) is 0 Å². The van der Waals surface area contributed by atoms with E-state index in [9.17, 15) is 18.3 Å². The fourth-order valence-corrected chi connectivity index (χ4v) is 5.47. The molecule has 0 amide bonds. The Morgan fingerprint density at radius 2 is 2.09 bits per heavy atom. The number of carboxylic acid groups (broad SMARTS) is 1. The molecule has 1 aliphatic heterocycles. The van der Waals surface area contributed by atoms with Crippen molar-refractivity contribution in [2.45, 2.75) is 18.1 Å². The summed E-state index contributed by atoms with van der Waals surface area (Å²) in [6, 6.07) is 5.02. The molecular weight excluding hydrogens is 324 g/mol. The summed E-state index contributed by atoms with van der Waals surface area (Å²) in [5.41, 5.74) is -0.854. The van der Waals surface area contributed by atoms with Crippen molar-refractivity contribution in [1.29, 1.82) is 0 Å². The maximum Gasteiger partial charge on any atom is 0.314 e. The Hall–Kier alpha value is -1.80. The lowest BCUT2D eigenvalue weighted by atomic mass is 9.99. The quantitative estimate of drug-likeness (QED) is 0.824. The number of methoxy groups -OCH3 is 1. The van der Waals surface area contributed by atoms with Crippen LogP contribution < -0.4 is 9.47 Å². The van der Waals surface area contributed by atoms with Crippen molar-refractivity contribution in [3.63, 3.8) is 0 Å². The summed E-state index contributed by atoms with van der Waals surface area (Å²) in [7, 11) is -2.17. The fraction of sp³-hybridized carbons (Fsp3) is 0.533. The molecule has 0 saturated heterocycles. The molecule has 7 nitrogen and oxygen atoms in total. The van der Waals surface area contributed by atoms with E-state index in [1.54, 1.807) is 18.2 Å². The monoisotopic (exact) mass is 342 g/mol. The van der Waals surface area contributed by atoms with Crippen molar-refractivity contribution in [2.24, 2.45) is 5.41 Å². The predicted octanol–water partition coefficient (Wildman–Crippen LogP) is 1.03. The standard InChI is InChI=1S/C15H18O7S/c1-3-23(18,19)13-12(15(13,7-20-2)14(16)17)9-4-5-10-11(6-9)22-8-21-10/h4-6,12-13H,3,7-8H2,1-2H3,(H,16,17)/t12-,13-,15-/m1/s1. The third-order valence-electron chi connectivity index (χ3n) is 4.58. The second-order valence-electron chi connectivity index (χ2n) is 5.74. The first-order valence-electron chi connectivity index (χ1n) is 7.22. The van der Waals surface area contributed by atoms with Gasteiger partial charge in [0.15, 0.2) is 21.3 Å². The number of hydrogen-bond acceptors (Lipinski definition) is 6. The van der Waals surface area contributed by atoms with E-state index in [1.807, 2.05) is 0 Å². The molecule has 1 saturated carbocycles. The number of rotatable bonds is 6. The first-order chi connectivity index (χ1) is 10.9. The first-order valence-corrected chi connectivity index (χ1v) is 8.93. The Bertz CT molecular complexity index is 742. The van der Waals surface area contributed by atoms with Crippen LogP contribution in [-0.4, -0.2) is 51.0 Å². The maximum atomic E-state index is 12.4. The Balaban J connectivity index is 2.06. The van der Waals surface area contributed by atoms with Gasteiger partial charge in [-0.15, -0.1) is 0 Å². The summed E-state index contributed by atoms with van der Waals surface area (Å²) < 4.78 is 40.4. The molecule has 126 valence electrons. The van der Waals surface area contributed by atoms with Crippen LogP contribution in [0, 0.1) is 5.41 Å². The van der Waals surface area contributed by atoms with Gasteiger partial charge < -0.3 is 19.3 Å². The minimum absolute atomic E-state index is 0.0995. The highest BCUT2D eigenvalue weighted by atomic mass is 32.2. The lowest BCUT2D eigenvalue weighted by Gasteiger charge is -2.11. The average Bonchev–Trinajstić information content (AvgIpc) is 2.99. The zero-order valence-corrected chi connectivity index (χ0v) is 13.6. The van der Waals surface area contributed by atoms with Crippen molar-refractivity contribution in [2.75, 3.05) is 26.3 Å². The highest BCUT2D eigenvalue weighted by molar-refractivity contribution is 7.92. The van der Waals surface area contributed by atoms with Gasteiger partial charge in [-0.2, -0.15) is 0 Å². The zero-order chi connectivity index (χ0) is 16.8. The molecule has 8 heteroatoms. The summed E-state index contributed by atoms with van der Waals surface area (Å²) in [5, 5.41) is 8.69. The van der Waals surface area contributed by atoms with Crippen LogP contribution in [-0.2, 0) is 19.4 Å². The Labute approximate surface area is 134 Å². The summed E-state index contributed by atoms with van der Waals surface area (Å²) in [6.45, 7) is 1.46. The molecule has 23 heavy (non-hydrogen) atoms. The number of carbonyl (C=O) groups is 1. The van der Waals surface area contributed by atoms with Crippen molar-refractivity contribution < 1.29 is 32.5 Å². The molecule has 0 bridgehead atoms. The van der Waals surface area contributed by atoms with Crippen molar-refractivity contribution in [3.05, 3.63) is 23.8 Å². The largest absolute Gasteiger partial charge is 0.481 e. The van der Waals surface area contributed by atoms with Gasteiger partial charge in [0.2, 0.25) is 6.79 Å². The summed E-state index contributed by atoms with van der Waals surface area (Å²) >= 11 is 0. The van der Waals surface area contributed by atoms with Crippen LogP contribution in [0.5, 0.6) is 11.5 Å². The number of benzene rings is 1. The zero-order valence-electron chi connectivity index (χ0n) is 12.8. The van der Waals surface area contributed by atoms with Gasteiger partial charge in [-0.05, 0) is 17.7 Å². The molecule has 3 rings (SSSR count). The second-order valence-corrected chi connectivity index (χ2v) is 8.15. The van der Waals surface area contributed by atoms with Gasteiger partial charge in [0.25, 0.3) is 0 Å². The van der Waals surface area contributed by atoms with E-state index in [2.05, 4.69) is 0 Å². The molecule has 0 unspecified atom stereocenters. The molecule has 1 heterocycles. The van der Waals surface area contributed by atoms with Gasteiger partial charge in [0.05, 0.1) is 11.9 Å². The number of sulfone groups is 1. The number of aliphatic carboxylic acids is 1. The van der Waals surface area contributed by atoms with Crippen LogP contribution >= 0.6 is 0 Å². The van der Waals surface area contributed by atoms with E-state index in [0.29, 0.717) is 17.1 Å². The highest BCUT2D eigenvalue weighted by Crippen LogP contribution is 2.64. The minimum atomic E-state index is -3.54. The van der Waals surface area contributed by atoms with Crippen LogP contribution in [0.25, 0.3) is 0 Å². The smallest absolute Gasteiger partial charge is 0.314 e. The van der Waals surface area contributed by atoms with E-state index in [0.717, 1.165) is 0 Å². The number of ether oxygens (including phenoxy) is 3. The van der Waals surface area contributed by atoms with Gasteiger partial charge in [-0.25, -0.2) is 8.42 Å². The normalized spacial score (nSPS) is 28.6. The van der Waals surface area contributed by atoms with Crippen LogP contribution in [0.2, 0.25) is 0 Å². The Morgan fingerprint density at radius 3 is 2.70 bits per heavy atom. The van der Waals surface area contributed by atoms with Crippen LogP contribution in [0.15, 0.2) is 18.2 Å². The van der Waals surface area contributed by atoms with E-state index in [-0.39, 0.29) is 19.2 Å². The molecule has 2 aliphatic rings. The average molecular weight is 342 g/mol. The van der Waals surface area contributed by atoms with Gasteiger partial charge in [0, 0.05) is 18.8 Å². The topological polar surface area (TPSA) is 99.1 Å². The third kappa shape index (κ3) is 2.28. The molecule has 0 aromatic heterocycles. The third-order valence-corrected chi connectivity index (χ3v) is 6.85. The van der Waals surface area contributed by atoms with Gasteiger partial charge >= 0.3 is 5.97 Å². The molecule has 1 aliphatic carbocycles. The van der Waals surface area contributed by atoms with Crippen LogP contribution in [0.1, 0.15) is 18.4 Å². The summed E-state index contributed by atoms with van der Waals surface area (Å²) in [5.74, 6) is -0.878. The molecule has 1 aromatic carbocycles. The van der Waals surface area contributed by atoms with Crippen molar-refractivity contribution in [3.8, 4) is 11.5 Å². The van der Waals surface area contributed by atoms with E-state index in [4.69, 9.17) is 14.2 Å². The van der Waals surface area contributed by atoms with Gasteiger partial charge in [0.1, 0.15) is 5.41 Å². The van der Waals surface area contributed by atoms with Crippen LogP contribution in [0.3, 0.4) is 0 Å². The molecule has 0 radical (unpaired) electrons. The van der Waals surface area contributed by atoms with Gasteiger partial charge in [-0.1, -0.05) is 13.0 Å². The SMILES string of the molecule is CCS(=O)(=O)[C@@H]1[C@@H](c2ccc3c(c2)OCO3)[C@@]1(COC)C(=O)O. The lowest BCUT2D eigenvalue weighted by Crippen LogP contribution is -2.29.